The second-order valence-corrected chi connectivity index (χ2v) is 7.31. The molecule has 3 rings (SSSR count). The molecule has 2 atom stereocenters. The Morgan fingerprint density at radius 3 is 2.74 bits per heavy atom. The zero-order chi connectivity index (χ0) is 16.2. The lowest BCUT2D eigenvalue weighted by Gasteiger charge is -2.28. The van der Waals surface area contributed by atoms with E-state index in [1.807, 2.05) is 65.2 Å². The first-order chi connectivity index (χ1) is 11.2. The van der Waals surface area contributed by atoms with Gasteiger partial charge in [-0.3, -0.25) is 4.79 Å². The van der Waals surface area contributed by atoms with Crippen LogP contribution in [0.1, 0.15) is 35.8 Å². The average molecular weight is 346 g/mol. The molecule has 0 spiro atoms. The van der Waals surface area contributed by atoms with Crippen LogP contribution in [0, 0.1) is 0 Å². The van der Waals surface area contributed by atoms with Crippen molar-refractivity contribution in [2.75, 3.05) is 12.3 Å². The third-order valence-corrected chi connectivity index (χ3v) is 5.71. The lowest BCUT2D eigenvalue weighted by atomic mass is 9.95. The minimum atomic E-state index is -0.0726. The summed E-state index contributed by atoms with van der Waals surface area (Å²) in [6, 6.07) is 17.9. The number of rotatable bonds is 4. The fourth-order valence-corrected chi connectivity index (χ4v) is 4.52. The van der Waals surface area contributed by atoms with Crippen molar-refractivity contribution < 1.29 is 4.79 Å². The third-order valence-electron chi connectivity index (χ3n) is 4.22. The first kappa shape index (κ1) is 16.4. The van der Waals surface area contributed by atoms with Gasteiger partial charge in [0.1, 0.15) is 5.37 Å². The molecule has 0 radical (unpaired) electrons. The maximum Gasteiger partial charge on any atom is 0.231 e. The topological polar surface area (TPSA) is 20.3 Å². The minimum Gasteiger partial charge on any atom is -0.325 e. The van der Waals surface area contributed by atoms with E-state index in [9.17, 15) is 4.79 Å². The van der Waals surface area contributed by atoms with Gasteiger partial charge in [0.05, 0.1) is 5.92 Å². The van der Waals surface area contributed by atoms with Crippen LogP contribution in [-0.2, 0) is 4.79 Å². The second-order valence-electron chi connectivity index (χ2n) is 5.68. The molecule has 23 heavy (non-hydrogen) atoms. The van der Waals surface area contributed by atoms with Crippen LogP contribution in [0.15, 0.2) is 54.6 Å². The van der Waals surface area contributed by atoms with Gasteiger partial charge in [-0.15, -0.1) is 11.8 Å². The summed E-state index contributed by atoms with van der Waals surface area (Å²) in [6.45, 7) is 2.87. The van der Waals surface area contributed by atoms with Gasteiger partial charge in [0, 0.05) is 17.3 Å². The molecule has 0 aliphatic carbocycles. The number of thioether (sulfide) groups is 1. The average Bonchev–Trinajstić information content (AvgIpc) is 3.06. The van der Waals surface area contributed by atoms with E-state index >= 15 is 0 Å². The Kier molecular flexibility index (Phi) is 5.29. The fourth-order valence-electron chi connectivity index (χ4n) is 3.07. The predicted octanol–water partition coefficient (Wildman–Crippen LogP) is 5.11. The number of carbonyl (C=O) groups is 1. The van der Waals surface area contributed by atoms with Gasteiger partial charge < -0.3 is 4.90 Å². The summed E-state index contributed by atoms with van der Waals surface area (Å²) in [5, 5.41) is 0.788. The quantitative estimate of drug-likeness (QED) is 0.767. The van der Waals surface area contributed by atoms with Crippen molar-refractivity contribution in [1.82, 2.24) is 4.90 Å². The minimum absolute atomic E-state index is 0.0685. The maximum absolute atomic E-state index is 13.1. The lowest BCUT2D eigenvalue weighted by molar-refractivity contribution is -0.133. The molecule has 1 aliphatic heterocycles. The Morgan fingerprint density at radius 1 is 1.26 bits per heavy atom. The van der Waals surface area contributed by atoms with E-state index in [1.165, 1.54) is 0 Å². The highest BCUT2D eigenvalue weighted by atomic mass is 35.5. The molecule has 2 aromatic rings. The molecule has 0 bridgehead atoms. The molecule has 2 unspecified atom stereocenters. The normalized spacial score (nSPS) is 18.9. The molecular weight excluding hydrogens is 326 g/mol. The van der Waals surface area contributed by atoms with Crippen molar-refractivity contribution in [2.45, 2.75) is 24.6 Å². The van der Waals surface area contributed by atoms with E-state index in [1.54, 1.807) is 0 Å². The summed E-state index contributed by atoms with van der Waals surface area (Å²) >= 11 is 7.93. The van der Waals surface area contributed by atoms with E-state index in [0.29, 0.717) is 0 Å². The molecule has 1 saturated heterocycles. The maximum atomic E-state index is 13.1. The summed E-state index contributed by atoms with van der Waals surface area (Å²) in [5.74, 6) is 1.11. The predicted molar refractivity (Wildman–Crippen MR) is 97.8 cm³/mol. The molecule has 1 amide bonds. The number of halogens is 1. The molecule has 0 aromatic heterocycles. The highest BCUT2D eigenvalue weighted by molar-refractivity contribution is 7.99. The SMILES string of the molecule is CCC(C(=O)N1CCSC1c1cccc(Cl)c1)c1ccccc1. The van der Waals surface area contributed by atoms with Crippen LogP contribution in [0.25, 0.3) is 0 Å². The van der Waals surface area contributed by atoms with Crippen molar-refractivity contribution in [1.29, 1.82) is 0 Å². The van der Waals surface area contributed by atoms with Gasteiger partial charge >= 0.3 is 0 Å². The van der Waals surface area contributed by atoms with Gasteiger partial charge in [0.2, 0.25) is 5.91 Å². The van der Waals surface area contributed by atoms with Crippen molar-refractivity contribution in [3.05, 3.63) is 70.7 Å². The van der Waals surface area contributed by atoms with E-state index in [2.05, 4.69) is 13.0 Å². The highest BCUT2D eigenvalue weighted by Crippen LogP contribution is 2.40. The van der Waals surface area contributed by atoms with Crippen LogP contribution in [0.2, 0.25) is 5.02 Å². The molecule has 1 aliphatic rings. The van der Waals surface area contributed by atoms with Gasteiger partial charge in [-0.05, 0) is 29.7 Å². The Bertz CT molecular complexity index is 676. The zero-order valence-corrected chi connectivity index (χ0v) is 14.7. The first-order valence-corrected chi connectivity index (χ1v) is 9.36. The van der Waals surface area contributed by atoms with Crippen LogP contribution in [0.3, 0.4) is 0 Å². The van der Waals surface area contributed by atoms with Crippen LogP contribution in [0.4, 0.5) is 0 Å². The van der Waals surface area contributed by atoms with Gasteiger partial charge in [0.25, 0.3) is 0 Å². The molecule has 4 heteroatoms. The van der Waals surface area contributed by atoms with Crippen molar-refractivity contribution >= 4 is 29.3 Å². The smallest absolute Gasteiger partial charge is 0.231 e. The molecule has 120 valence electrons. The monoisotopic (exact) mass is 345 g/mol. The van der Waals surface area contributed by atoms with Crippen LogP contribution < -0.4 is 0 Å². The number of hydrogen-bond acceptors (Lipinski definition) is 2. The summed E-state index contributed by atoms with van der Waals surface area (Å²) in [6.07, 6.45) is 0.812. The Labute approximate surface area is 146 Å². The summed E-state index contributed by atoms with van der Waals surface area (Å²) in [5.41, 5.74) is 2.21. The molecule has 1 fully saturated rings. The number of carbonyl (C=O) groups excluding carboxylic acids is 1. The van der Waals surface area contributed by atoms with Crippen LogP contribution in [0.5, 0.6) is 0 Å². The van der Waals surface area contributed by atoms with Crippen molar-refractivity contribution in [3.8, 4) is 0 Å². The first-order valence-electron chi connectivity index (χ1n) is 7.93. The number of amides is 1. The van der Waals surface area contributed by atoms with E-state index < -0.39 is 0 Å². The summed E-state index contributed by atoms with van der Waals surface area (Å²) in [4.78, 5) is 15.1. The Morgan fingerprint density at radius 2 is 2.04 bits per heavy atom. The Balaban J connectivity index is 1.85. The number of nitrogens with zero attached hydrogens (tertiary/aromatic N) is 1. The fraction of sp³-hybridized carbons (Fsp3) is 0.316. The van der Waals surface area contributed by atoms with Crippen LogP contribution >= 0.6 is 23.4 Å². The number of hydrogen-bond donors (Lipinski definition) is 0. The molecule has 2 aromatic carbocycles. The van der Waals surface area contributed by atoms with Gasteiger partial charge in [-0.1, -0.05) is 61.0 Å². The van der Waals surface area contributed by atoms with Crippen molar-refractivity contribution in [3.63, 3.8) is 0 Å². The van der Waals surface area contributed by atoms with Crippen molar-refractivity contribution in [2.24, 2.45) is 0 Å². The zero-order valence-electron chi connectivity index (χ0n) is 13.1. The second kappa shape index (κ2) is 7.41. The molecular formula is C19H20ClNOS. The largest absolute Gasteiger partial charge is 0.325 e. The van der Waals surface area contributed by atoms with E-state index in [4.69, 9.17) is 11.6 Å². The summed E-state index contributed by atoms with van der Waals surface area (Å²) < 4.78 is 0. The van der Waals surface area contributed by atoms with Gasteiger partial charge in [0.15, 0.2) is 0 Å². The molecule has 1 heterocycles. The lowest BCUT2D eigenvalue weighted by Crippen LogP contribution is -2.34. The Hall–Kier alpha value is -1.45. The highest BCUT2D eigenvalue weighted by Gasteiger charge is 2.34. The molecule has 0 saturated carbocycles. The van der Waals surface area contributed by atoms with E-state index in [-0.39, 0.29) is 17.2 Å². The molecule has 2 nitrogen and oxygen atoms in total. The standard InChI is InChI=1S/C19H20ClNOS/c1-2-17(14-7-4-3-5-8-14)18(22)21-11-12-23-19(21)15-9-6-10-16(20)13-15/h3-10,13,17,19H,2,11-12H2,1H3. The van der Waals surface area contributed by atoms with Crippen LogP contribution in [-0.4, -0.2) is 23.1 Å². The summed E-state index contributed by atoms with van der Waals surface area (Å²) in [7, 11) is 0. The van der Waals surface area contributed by atoms with E-state index in [0.717, 1.165) is 34.9 Å². The van der Waals surface area contributed by atoms with Gasteiger partial charge in [-0.25, -0.2) is 0 Å². The van der Waals surface area contributed by atoms with Gasteiger partial charge in [-0.2, -0.15) is 0 Å². The number of benzene rings is 2. The molecule has 0 N–H and O–H groups in total. The third kappa shape index (κ3) is 3.56.